The average molecular weight is 315 g/mol. The van der Waals surface area contributed by atoms with Crippen molar-refractivity contribution in [1.29, 1.82) is 0 Å². The van der Waals surface area contributed by atoms with Gasteiger partial charge in [0.1, 0.15) is 0 Å². The SMILES string of the molecule is CCNCc1cn[nH]c1S(=O)(=O)N1CCCC(N(C)C)C1. The predicted molar refractivity (Wildman–Crippen MR) is 81.4 cm³/mol. The molecule has 21 heavy (non-hydrogen) atoms. The van der Waals surface area contributed by atoms with Crippen molar-refractivity contribution in [2.45, 2.75) is 37.4 Å². The number of rotatable bonds is 6. The van der Waals surface area contributed by atoms with Gasteiger partial charge in [-0.25, -0.2) is 8.42 Å². The first kappa shape index (κ1) is 16.4. The van der Waals surface area contributed by atoms with E-state index in [4.69, 9.17) is 0 Å². The summed E-state index contributed by atoms with van der Waals surface area (Å²) in [4.78, 5) is 2.09. The standard InChI is InChI=1S/C13H25N5O2S/c1-4-14-8-11-9-15-16-13(11)21(19,20)18-7-5-6-12(10-18)17(2)3/h9,12,14H,4-8,10H2,1-3H3,(H,15,16). The smallest absolute Gasteiger partial charge is 0.260 e. The third-order valence-electron chi connectivity index (χ3n) is 3.93. The van der Waals surface area contributed by atoms with Gasteiger partial charge in [0, 0.05) is 31.2 Å². The van der Waals surface area contributed by atoms with E-state index >= 15 is 0 Å². The first-order chi connectivity index (χ1) is 9.96. The van der Waals surface area contributed by atoms with Crippen LogP contribution in [0.15, 0.2) is 11.2 Å². The maximum Gasteiger partial charge on any atom is 0.260 e. The molecule has 0 amide bonds. The van der Waals surface area contributed by atoms with Crippen molar-refractivity contribution in [1.82, 2.24) is 24.7 Å². The zero-order chi connectivity index (χ0) is 15.5. The number of hydrogen-bond acceptors (Lipinski definition) is 5. The van der Waals surface area contributed by atoms with Crippen LogP contribution in [0.2, 0.25) is 0 Å². The third-order valence-corrected chi connectivity index (χ3v) is 5.81. The molecule has 2 N–H and O–H groups in total. The van der Waals surface area contributed by atoms with Crippen molar-refractivity contribution in [3.8, 4) is 0 Å². The van der Waals surface area contributed by atoms with Gasteiger partial charge in [0.25, 0.3) is 10.0 Å². The van der Waals surface area contributed by atoms with E-state index < -0.39 is 10.0 Å². The zero-order valence-electron chi connectivity index (χ0n) is 13.0. The summed E-state index contributed by atoms with van der Waals surface area (Å²) in [5, 5.41) is 9.94. The fourth-order valence-corrected chi connectivity index (χ4v) is 4.22. The Hall–Kier alpha value is -0.960. The summed E-state index contributed by atoms with van der Waals surface area (Å²) in [6.07, 6.45) is 3.51. The van der Waals surface area contributed by atoms with Gasteiger partial charge in [0.2, 0.25) is 0 Å². The largest absolute Gasteiger partial charge is 0.313 e. The van der Waals surface area contributed by atoms with Crippen molar-refractivity contribution in [3.63, 3.8) is 0 Å². The van der Waals surface area contributed by atoms with Crippen LogP contribution in [-0.2, 0) is 16.6 Å². The monoisotopic (exact) mass is 315 g/mol. The summed E-state index contributed by atoms with van der Waals surface area (Å²) in [6, 6.07) is 0.272. The van der Waals surface area contributed by atoms with Crippen molar-refractivity contribution in [2.24, 2.45) is 0 Å². The normalized spacial score (nSPS) is 21.0. The molecule has 1 aliphatic rings. The van der Waals surface area contributed by atoms with Crippen LogP contribution in [0.25, 0.3) is 0 Å². The van der Waals surface area contributed by atoms with E-state index in [1.54, 1.807) is 10.5 Å². The minimum absolute atomic E-state index is 0.225. The van der Waals surface area contributed by atoms with Gasteiger partial charge in [-0.1, -0.05) is 6.92 Å². The molecule has 1 unspecified atom stereocenters. The summed E-state index contributed by atoms with van der Waals surface area (Å²) >= 11 is 0. The Bertz CT molecular complexity index is 555. The summed E-state index contributed by atoms with van der Waals surface area (Å²) < 4.78 is 27.2. The van der Waals surface area contributed by atoms with Crippen LogP contribution in [0, 0.1) is 0 Å². The second-order valence-corrected chi connectivity index (χ2v) is 7.50. The number of nitrogens with one attached hydrogen (secondary N) is 2. The minimum atomic E-state index is -3.50. The molecular weight excluding hydrogens is 290 g/mol. The maximum absolute atomic E-state index is 12.8. The molecular formula is C13H25N5O2S. The molecule has 0 aliphatic carbocycles. The predicted octanol–water partition coefficient (Wildman–Crippen LogP) is 0.234. The van der Waals surface area contributed by atoms with Crippen LogP contribution in [0.1, 0.15) is 25.3 Å². The molecule has 1 aromatic heterocycles. The quantitative estimate of drug-likeness (QED) is 0.785. The van der Waals surface area contributed by atoms with Gasteiger partial charge >= 0.3 is 0 Å². The molecule has 2 rings (SSSR count). The van der Waals surface area contributed by atoms with E-state index in [1.807, 2.05) is 21.0 Å². The highest BCUT2D eigenvalue weighted by Gasteiger charge is 2.33. The molecule has 1 aliphatic heterocycles. The van der Waals surface area contributed by atoms with Crippen LogP contribution in [0.3, 0.4) is 0 Å². The topological polar surface area (TPSA) is 81.3 Å². The van der Waals surface area contributed by atoms with Crippen LogP contribution < -0.4 is 5.32 Å². The van der Waals surface area contributed by atoms with Gasteiger partial charge in [0.05, 0.1) is 6.20 Å². The Morgan fingerprint density at radius 1 is 1.52 bits per heavy atom. The second-order valence-electron chi connectivity index (χ2n) is 5.63. The molecule has 1 atom stereocenters. The molecule has 120 valence electrons. The highest BCUT2D eigenvalue weighted by atomic mass is 32.2. The molecule has 8 heteroatoms. The molecule has 0 bridgehead atoms. The lowest BCUT2D eigenvalue weighted by molar-refractivity contribution is 0.190. The molecule has 0 saturated carbocycles. The highest BCUT2D eigenvalue weighted by Crippen LogP contribution is 2.23. The zero-order valence-corrected chi connectivity index (χ0v) is 13.8. The van der Waals surface area contributed by atoms with Crippen LogP contribution in [-0.4, -0.2) is 67.6 Å². The third kappa shape index (κ3) is 3.63. The Morgan fingerprint density at radius 2 is 2.29 bits per heavy atom. The molecule has 1 fully saturated rings. The summed E-state index contributed by atoms with van der Waals surface area (Å²) in [5.74, 6) is 0. The molecule has 7 nitrogen and oxygen atoms in total. The number of likely N-dealkylation sites (N-methyl/N-ethyl adjacent to an activating group) is 1. The summed E-state index contributed by atoms with van der Waals surface area (Å²) in [7, 11) is 0.490. The molecule has 0 radical (unpaired) electrons. The van der Waals surface area contributed by atoms with Gasteiger partial charge in [-0.3, -0.25) is 5.10 Å². The van der Waals surface area contributed by atoms with Crippen LogP contribution in [0.5, 0.6) is 0 Å². The van der Waals surface area contributed by atoms with Crippen LogP contribution in [0.4, 0.5) is 0 Å². The van der Waals surface area contributed by atoms with E-state index in [-0.39, 0.29) is 11.1 Å². The number of nitrogens with zero attached hydrogens (tertiary/aromatic N) is 3. The lowest BCUT2D eigenvalue weighted by Crippen LogP contribution is -2.47. The maximum atomic E-state index is 12.8. The van der Waals surface area contributed by atoms with E-state index in [1.165, 1.54) is 0 Å². The Kier molecular flexibility index (Phi) is 5.37. The van der Waals surface area contributed by atoms with E-state index in [9.17, 15) is 8.42 Å². The van der Waals surface area contributed by atoms with Gasteiger partial charge in [-0.15, -0.1) is 0 Å². The highest BCUT2D eigenvalue weighted by molar-refractivity contribution is 7.89. The van der Waals surface area contributed by atoms with Gasteiger partial charge in [0.15, 0.2) is 5.03 Å². The summed E-state index contributed by atoms with van der Waals surface area (Å²) in [5.41, 5.74) is 0.698. The number of H-pyrrole nitrogens is 1. The second kappa shape index (κ2) is 6.87. The van der Waals surface area contributed by atoms with E-state index in [0.717, 1.165) is 19.4 Å². The van der Waals surface area contributed by atoms with Crippen LogP contribution >= 0.6 is 0 Å². The first-order valence-corrected chi connectivity index (χ1v) is 8.80. The Morgan fingerprint density at radius 3 is 2.95 bits per heavy atom. The van der Waals surface area contributed by atoms with E-state index in [2.05, 4.69) is 20.4 Å². The number of piperidine rings is 1. The van der Waals surface area contributed by atoms with Crippen molar-refractivity contribution in [2.75, 3.05) is 33.7 Å². The number of aromatic amines is 1. The number of sulfonamides is 1. The molecule has 1 aromatic rings. The molecule has 0 spiro atoms. The van der Waals surface area contributed by atoms with Crippen molar-refractivity contribution in [3.05, 3.63) is 11.8 Å². The van der Waals surface area contributed by atoms with Crippen molar-refractivity contribution < 1.29 is 8.42 Å². The van der Waals surface area contributed by atoms with Gasteiger partial charge in [-0.05, 0) is 33.5 Å². The molecule has 0 aromatic carbocycles. The average Bonchev–Trinajstić information content (AvgIpc) is 2.94. The number of aromatic nitrogens is 2. The first-order valence-electron chi connectivity index (χ1n) is 7.36. The lowest BCUT2D eigenvalue weighted by atomic mass is 10.1. The molecule has 1 saturated heterocycles. The van der Waals surface area contributed by atoms with Gasteiger partial charge in [-0.2, -0.15) is 9.40 Å². The fraction of sp³-hybridized carbons (Fsp3) is 0.769. The number of hydrogen-bond donors (Lipinski definition) is 2. The lowest BCUT2D eigenvalue weighted by Gasteiger charge is -2.35. The van der Waals surface area contributed by atoms with Gasteiger partial charge < -0.3 is 10.2 Å². The molecule has 2 heterocycles. The Balaban J connectivity index is 2.19. The summed E-state index contributed by atoms with van der Waals surface area (Å²) in [6.45, 7) is 4.39. The fourth-order valence-electron chi connectivity index (χ4n) is 2.60. The Labute approximate surface area is 126 Å². The minimum Gasteiger partial charge on any atom is -0.313 e. The van der Waals surface area contributed by atoms with Crippen molar-refractivity contribution >= 4 is 10.0 Å². The van der Waals surface area contributed by atoms with E-state index in [0.29, 0.717) is 25.2 Å².